The molecule has 36 heavy (non-hydrogen) atoms. The highest BCUT2D eigenvalue weighted by Gasteiger charge is 2.12. The van der Waals surface area contributed by atoms with Gasteiger partial charge in [0.1, 0.15) is 18.2 Å². The first kappa shape index (κ1) is 24.6. The third-order valence-corrected chi connectivity index (χ3v) is 5.81. The first-order valence-electron chi connectivity index (χ1n) is 12.0. The van der Waals surface area contributed by atoms with Gasteiger partial charge in [-0.25, -0.2) is 0 Å². The molecular formula is C30H29N3O3. The highest BCUT2D eigenvalue weighted by molar-refractivity contribution is 6.01. The Balaban J connectivity index is 1.41. The molecule has 3 aromatic carbocycles. The lowest BCUT2D eigenvalue weighted by molar-refractivity contribution is -0.117. The Hall–Kier alpha value is -4.50. The van der Waals surface area contributed by atoms with Crippen LogP contribution in [0.2, 0.25) is 0 Å². The van der Waals surface area contributed by atoms with E-state index in [4.69, 9.17) is 9.47 Å². The number of ether oxygens (including phenoxy) is 2. The van der Waals surface area contributed by atoms with Gasteiger partial charge < -0.3 is 19.8 Å². The van der Waals surface area contributed by atoms with E-state index in [-0.39, 0.29) is 5.57 Å². The zero-order valence-corrected chi connectivity index (χ0v) is 20.5. The lowest BCUT2D eigenvalue weighted by Gasteiger charge is -2.13. The van der Waals surface area contributed by atoms with E-state index in [1.54, 1.807) is 18.2 Å². The molecule has 2 N–H and O–H groups in total. The van der Waals surface area contributed by atoms with E-state index in [1.165, 1.54) is 5.56 Å². The van der Waals surface area contributed by atoms with Gasteiger partial charge in [-0.15, -0.1) is 0 Å². The van der Waals surface area contributed by atoms with Crippen molar-refractivity contribution < 1.29 is 14.3 Å². The van der Waals surface area contributed by atoms with Gasteiger partial charge in [-0.05, 0) is 61.2 Å². The molecule has 0 radical (unpaired) electrons. The molecule has 0 atom stereocenters. The quantitative estimate of drug-likeness (QED) is 0.225. The van der Waals surface area contributed by atoms with E-state index in [0.29, 0.717) is 43.2 Å². The van der Waals surface area contributed by atoms with Crippen molar-refractivity contribution in [1.82, 2.24) is 10.3 Å². The van der Waals surface area contributed by atoms with Crippen LogP contribution in [-0.4, -0.2) is 24.0 Å². The van der Waals surface area contributed by atoms with Crippen molar-refractivity contribution in [2.75, 3.05) is 13.2 Å². The van der Waals surface area contributed by atoms with Crippen molar-refractivity contribution in [1.29, 1.82) is 5.26 Å². The average Bonchev–Trinajstić information content (AvgIpc) is 3.31. The van der Waals surface area contributed by atoms with Gasteiger partial charge >= 0.3 is 0 Å². The number of benzene rings is 3. The number of fused-ring (bicyclic) bond motifs is 1. The Morgan fingerprint density at radius 1 is 1.06 bits per heavy atom. The predicted molar refractivity (Wildman–Crippen MR) is 142 cm³/mol. The number of aromatic amines is 1. The molecule has 1 aromatic heterocycles. The molecule has 0 aliphatic carbocycles. The maximum atomic E-state index is 12.7. The van der Waals surface area contributed by atoms with Gasteiger partial charge in [0.25, 0.3) is 5.91 Å². The van der Waals surface area contributed by atoms with E-state index < -0.39 is 5.91 Å². The van der Waals surface area contributed by atoms with Gasteiger partial charge in [0.2, 0.25) is 0 Å². The van der Waals surface area contributed by atoms with Crippen LogP contribution >= 0.6 is 0 Å². The highest BCUT2D eigenvalue weighted by Crippen LogP contribution is 2.30. The van der Waals surface area contributed by atoms with Crippen molar-refractivity contribution in [3.63, 3.8) is 0 Å². The third kappa shape index (κ3) is 6.13. The Bertz CT molecular complexity index is 1410. The molecule has 0 saturated heterocycles. The van der Waals surface area contributed by atoms with Crippen LogP contribution in [0.15, 0.2) is 78.5 Å². The maximum Gasteiger partial charge on any atom is 0.261 e. The lowest BCUT2D eigenvalue weighted by Crippen LogP contribution is -2.26. The molecule has 6 nitrogen and oxygen atoms in total. The van der Waals surface area contributed by atoms with Gasteiger partial charge in [0.15, 0.2) is 11.5 Å². The number of hydrogen-bond acceptors (Lipinski definition) is 4. The number of hydrogen-bond donors (Lipinski definition) is 2. The molecule has 4 aromatic rings. The number of para-hydroxylation sites is 1. The van der Waals surface area contributed by atoms with Crippen LogP contribution < -0.4 is 14.8 Å². The van der Waals surface area contributed by atoms with E-state index in [1.807, 2.05) is 80.7 Å². The fraction of sp³-hybridized carbons (Fsp3) is 0.200. The number of amides is 1. The van der Waals surface area contributed by atoms with Gasteiger partial charge in [-0.3, -0.25) is 4.79 Å². The van der Waals surface area contributed by atoms with Gasteiger partial charge in [0, 0.05) is 23.6 Å². The largest absolute Gasteiger partial charge is 0.490 e. The summed E-state index contributed by atoms with van der Waals surface area (Å²) < 4.78 is 11.7. The minimum atomic E-state index is -0.407. The first-order chi connectivity index (χ1) is 17.6. The normalized spacial score (nSPS) is 11.2. The molecule has 1 heterocycles. The van der Waals surface area contributed by atoms with E-state index in [9.17, 15) is 10.1 Å². The molecule has 0 saturated carbocycles. The zero-order valence-electron chi connectivity index (χ0n) is 20.5. The van der Waals surface area contributed by atoms with Crippen molar-refractivity contribution in [2.45, 2.75) is 26.9 Å². The number of nitrogens with one attached hydrogen (secondary N) is 2. The third-order valence-electron chi connectivity index (χ3n) is 5.81. The molecule has 1 amide bonds. The Labute approximate surface area is 211 Å². The summed E-state index contributed by atoms with van der Waals surface area (Å²) in [6.45, 7) is 5.25. The Morgan fingerprint density at radius 2 is 1.86 bits per heavy atom. The van der Waals surface area contributed by atoms with Crippen LogP contribution in [0.1, 0.15) is 29.2 Å². The van der Waals surface area contributed by atoms with Crippen LogP contribution in [0, 0.1) is 18.3 Å². The van der Waals surface area contributed by atoms with Gasteiger partial charge in [-0.1, -0.05) is 54.1 Å². The molecule has 0 unspecified atom stereocenters. The number of nitriles is 1. The van der Waals surface area contributed by atoms with Gasteiger partial charge in [0.05, 0.1) is 6.61 Å². The minimum absolute atomic E-state index is 0.0321. The summed E-state index contributed by atoms with van der Waals surface area (Å²) >= 11 is 0. The summed E-state index contributed by atoms with van der Waals surface area (Å²) in [5.41, 5.74) is 5.15. The number of H-pyrrole nitrogens is 1. The maximum absolute atomic E-state index is 12.7. The van der Waals surface area contributed by atoms with Crippen LogP contribution in [0.25, 0.3) is 17.0 Å². The second-order valence-corrected chi connectivity index (χ2v) is 8.45. The number of nitrogens with zero attached hydrogens (tertiary/aromatic N) is 1. The summed E-state index contributed by atoms with van der Waals surface area (Å²) in [5, 5.41) is 13.6. The molecule has 0 bridgehead atoms. The molecule has 0 spiro atoms. The molecule has 182 valence electrons. The topological polar surface area (TPSA) is 87.1 Å². The van der Waals surface area contributed by atoms with E-state index >= 15 is 0 Å². The number of carbonyl (C=O) groups excluding carboxylic acids is 1. The Kier molecular flexibility index (Phi) is 8.05. The number of carbonyl (C=O) groups is 1. The Morgan fingerprint density at radius 3 is 2.64 bits per heavy atom. The number of aromatic nitrogens is 1. The lowest BCUT2D eigenvalue weighted by atomic mass is 10.1. The van der Waals surface area contributed by atoms with Crippen molar-refractivity contribution in [3.8, 4) is 17.6 Å². The summed E-state index contributed by atoms with van der Waals surface area (Å²) in [4.78, 5) is 15.9. The van der Waals surface area contributed by atoms with Crippen LogP contribution in [0.4, 0.5) is 0 Å². The van der Waals surface area contributed by atoms with Crippen molar-refractivity contribution >= 4 is 22.9 Å². The monoisotopic (exact) mass is 479 g/mol. The standard InChI is InChI=1S/C30H29N3O3/c1-3-35-29-17-23(12-13-28(29)36-20-22-10-8-21(2)9-11-22)16-25(18-31)30(34)32-15-14-24-19-33-27-7-5-4-6-26(24)27/h4-13,16-17,19,33H,3,14-15,20H2,1-2H3,(H,32,34)/b25-16-. The fourth-order valence-electron chi connectivity index (χ4n) is 3.91. The fourth-order valence-corrected chi connectivity index (χ4v) is 3.91. The van der Waals surface area contributed by atoms with Crippen molar-refractivity contribution in [3.05, 3.63) is 101 Å². The molecule has 6 heteroatoms. The summed E-state index contributed by atoms with van der Waals surface area (Å²) in [6.07, 6.45) is 4.18. The second kappa shape index (κ2) is 11.8. The predicted octanol–water partition coefficient (Wildman–Crippen LogP) is 5.72. The van der Waals surface area contributed by atoms with Crippen LogP contribution in [-0.2, 0) is 17.8 Å². The number of rotatable bonds is 10. The molecule has 0 aliphatic heterocycles. The first-order valence-corrected chi connectivity index (χ1v) is 12.0. The van der Waals surface area contributed by atoms with E-state index in [0.717, 1.165) is 22.0 Å². The average molecular weight is 480 g/mol. The highest BCUT2D eigenvalue weighted by atomic mass is 16.5. The molecule has 0 fully saturated rings. The van der Waals surface area contributed by atoms with Crippen LogP contribution in [0.5, 0.6) is 11.5 Å². The minimum Gasteiger partial charge on any atom is -0.490 e. The molecular weight excluding hydrogens is 450 g/mol. The summed E-state index contributed by atoms with van der Waals surface area (Å²) in [6, 6.07) is 23.6. The van der Waals surface area contributed by atoms with Crippen LogP contribution in [0.3, 0.4) is 0 Å². The molecule has 0 aliphatic rings. The van der Waals surface area contributed by atoms with Crippen molar-refractivity contribution in [2.24, 2.45) is 0 Å². The second-order valence-electron chi connectivity index (χ2n) is 8.45. The van der Waals surface area contributed by atoms with Gasteiger partial charge in [-0.2, -0.15) is 5.26 Å². The summed E-state index contributed by atoms with van der Waals surface area (Å²) in [5.74, 6) is 0.765. The summed E-state index contributed by atoms with van der Waals surface area (Å²) in [7, 11) is 0. The smallest absolute Gasteiger partial charge is 0.261 e. The number of aryl methyl sites for hydroxylation is 1. The SMILES string of the molecule is CCOc1cc(/C=C(/C#N)C(=O)NCCc2c[nH]c3ccccc23)ccc1OCc1ccc(C)cc1. The van der Waals surface area contributed by atoms with E-state index in [2.05, 4.69) is 10.3 Å². The zero-order chi connectivity index (χ0) is 25.3. The molecule has 4 rings (SSSR count).